The van der Waals surface area contributed by atoms with Gasteiger partial charge in [0, 0.05) is 26.0 Å². The standard InChI is InChI=1S/C32H64N2/c1-4-6-8-10-12-14-15-16-17-18-19-20-21-22-24-26-28-32-33(3)30-31-34(32)29-27-25-23-13-11-9-7-5-2/h30-32H,4-29H2,1-3H3. The van der Waals surface area contributed by atoms with Gasteiger partial charge in [-0.1, -0.05) is 155 Å². The number of rotatable bonds is 26. The third-order valence-electron chi connectivity index (χ3n) is 7.93. The van der Waals surface area contributed by atoms with Crippen molar-refractivity contribution in [2.45, 2.75) is 181 Å². The van der Waals surface area contributed by atoms with Gasteiger partial charge in [0.15, 0.2) is 0 Å². The lowest BCUT2D eigenvalue weighted by Crippen LogP contribution is -2.37. The molecule has 1 atom stereocenters. The predicted molar refractivity (Wildman–Crippen MR) is 154 cm³/mol. The predicted octanol–water partition coefficient (Wildman–Crippen LogP) is 10.8. The van der Waals surface area contributed by atoms with Crippen LogP contribution in [-0.4, -0.2) is 29.6 Å². The SMILES string of the molecule is CCCCCCCCCCCCCCCCCCC1N(C)C=CN1CCCCCCCCCC. The van der Waals surface area contributed by atoms with Crippen molar-refractivity contribution in [1.82, 2.24) is 9.80 Å². The highest BCUT2D eigenvalue weighted by Crippen LogP contribution is 2.21. The van der Waals surface area contributed by atoms with Crippen molar-refractivity contribution in [1.29, 1.82) is 0 Å². The minimum atomic E-state index is 0.621. The minimum Gasteiger partial charge on any atom is -0.359 e. The zero-order valence-electron chi connectivity index (χ0n) is 24.0. The molecular formula is C32H64N2. The summed E-state index contributed by atoms with van der Waals surface area (Å²) in [6, 6.07) is 0. The molecule has 34 heavy (non-hydrogen) atoms. The maximum atomic E-state index is 2.61. The van der Waals surface area contributed by atoms with Gasteiger partial charge < -0.3 is 9.80 Å². The third kappa shape index (κ3) is 17.7. The van der Waals surface area contributed by atoms with E-state index in [-0.39, 0.29) is 0 Å². The summed E-state index contributed by atoms with van der Waals surface area (Å²) < 4.78 is 0. The first-order chi connectivity index (χ1) is 16.8. The molecule has 1 aliphatic heterocycles. The van der Waals surface area contributed by atoms with Crippen LogP contribution in [0.3, 0.4) is 0 Å². The van der Waals surface area contributed by atoms with E-state index in [2.05, 4.69) is 43.1 Å². The Morgan fingerprint density at radius 3 is 1.21 bits per heavy atom. The molecule has 0 bridgehead atoms. The van der Waals surface area contributed by atoms with E-state index in [1.165, 1.54) is 167 Å². The number of hydrogen-bond acceptors (Lipinski definition) is 2. The highest BCUT2D eigenvalue weighted by Gasteiger charge is 2.22. The van der Waals surface area contributed by atoms with Gasteiger partial charge in [-0.15, -0.1) is 0 Å². The molecule has 0 aliphatic carbocycles. The van der Waals surface area contributed by atoms with Gasteiger partial charge in [0.1, 0.15) is 6.17 Å². The minimum absolute atomic E-state index is 0.621. The van der Waals surface area contributed by atoms with Crippen molar-refractivity contribution in [3.63, 3.8) is 0 Å². The van der Waals surface area contributed by atoms with E-state index >= 15 is 0 Å². The van der Waals surface area contributed by atoms with Crippen LogP contribution >= 0.6 is 0 Å². The average molecular weight is 477 g/mol. The fourth-order valence-corrected chi connectivity index (χ4v) is 5.52. The molecule has 0 spiro atoms. The average Bonchev–Trinajstić information content (AvgIpc) is 3.19. The smallest absolute Gasteiger partial charge is 0.100 e. The molecule has 1 unspecified atom stereocenters. The highest BCUT2D eigenvalue weighted by molar-refractivity contribution is 4.95. The number of hydrogen-bond donors (Lipinski definition) is 0. The summed E-state index contributed by atoms with van der Waals surface area (Å²) in [4.78, 5) is 5.05. The Kier molecular flexibility index (Phi) is 22.2. The molecule has 0 aromatic rings. The van der Waals surface area contributed by atoms with Crippen LogP contribution in [0.15, 0.2) is 12.4 Å². The zero-order chi connectivity index (χ0) is 24.5. The molecule has 0 aromatic carbocycles. The molecule has 0 fully saturated rings. The molecule has 2 nitrogen and oxygen atoms in total. The Labute approximate surface area is 216 Å². The van der Waals surface area contributed by atoms with Crippen LogP contribution in [0, 0.1) is 0 Å². The summed E-state index contributed by atoms with van der Waals surface area (Å²) in [6.45, 7) is 5.86. The quantitative estimate of drug-likeness (QED) is 0.114. The highest BCUT2D eigenvalue weighted by atomic mass is 15.4. The van der Waals surface area contributed by atoms with Crippen molar-refractivity contribution < 1.29 is 0 Å². The molecule has 0 radical (unpaired) electrons. The first-order valence-electron chi connectivity index (χ1n) is 16.0. The van der Waals surface area contributed by atoms with Gasteiger partial charge in [0.2, 0.25) is 0 Å². The van der Waals surface area contributed by atoms with Crippen LogP contribution in [0.1, 0.15) is 174 Å². The molecule has 0 saturated carbocycles. The lowest BCUT2D eigenvalue weighted by atomic mass is 10.0. The van der Waals surface area contributed by atoms with E-state index in [1.54, 1.807) is 0 Å². The van der Waals surface area contributed by atoms with E-state index in [0.717, 1.165) is 0 Å². The molecule has 2 heteroatoms. The molecule has 0 aromatic heterocycles. The van der Waals surface area contributed by atoms with E-state index < -0.39 is 0 Å². The van der Waals surface area contributed by atoms with Crippen molar-refractivity contribution in [3.8, 4) is 0 Å². The van der Waals surface area contributed by atoms with E-state index in [1.807, 2.05) is 0 Å². The van der Waals surface area contributed by atoms with Crippen LogP contribution in [0.5, 0.6) is 0 Å². The summed E-state index contributed by atoms with van der Waals surface area (Å²) in [5, 5.41) is 0. The van der Waals surface area contributed by atoms with Gasteiger partial charge in [-0.2, -0.15) is 0 Å². The molecule has 0 saturated heterocycles. The van der Waals surface area contributed by atoms with Crippen LogP contribution in [-0.2, 0) is 0 Å². The van der Waals surface area contributed by atoms with Gasteiger partial charge in [0.25, 0.3) is 0 Å². The van der Waals surface area contributed by atoms with Gasteiger partial charge in [-0.3, -0.25) is 0 Å². The Bertz CT molecular complexity index is 433. The van der Waals surface area contributed by atoms with Gasteiger partial charge in [-0.25, -0.2) is 0 Å². The Balaban J connectivity index is 1.88. The Morgan fingerprint density at radius 2 is 0.794 bits per heavy atom. The lowest BCUT2D eigenvalue weighted by molar-refractivity contribution is 0.159. The first-order valence-corrected chi connectivity index (χ1v) is 16.0. The molecule has 1 rings (SSSR count). The molecular weight excluding hydrogens is 412 g/mol. The molecule has 0 N–H and O–H groups in total. The summed E-state index contributed by atoms with van der Waals surface area (Å²) in [6.07, 6.45) is 41.2. The van der Waals surface area contributed by atoms with E-state index in [9.17, 15) is 0 Å². The van der Waals surface area contributed by atoms with Crippen molar-refractivity contribution in [3.05, 3.63) is 12.4 Å². The molecule has 0 amide bonds. The van der Waals surface area contributed by atoms with E-state index in [4.69, 9.17) is 0 Å². The summed E-state index contributed by atoms with van der Waals surface area (Å²) in [5.74, 6) is 0. The van der Waals surface area contributed by atoms with Crippen molar-refractivity contribution in [2.24, 2.45) is 0 Å². The summed E-state index contributed by atoms with van der Waals surface area (Å²) in [5.41, 5.74) is 0. The number of unbranched alkanes of at least 4 members (excludes halogenated alkanes) is 22. The second kappa shape index (κ2) is 24.1. The van der Waals surface area contributed by atoms with Crippen LogP contribution in [0.2, 0.25) is 0 Å². The summed E-state index contributed by atoms with van der Waals surface area (Å²) in [7, 11) is 2.27. The van der Waals surface area contributed by atoms with Gasteiger partial charge >= 0.3 is 0 Å². The normalized spacial score (nSPS) is 15.7. The maximum absolute atomic E-state index is 2.61. The zero-order valence-corrected chi connectivity index (χ0v) is 24.0. The molecule has 1 heterocycles. The Morgan fingerprint density at radius 1 is 0.441 bits per heavy atom. The maximum Gasteiger partial charge on any atom is 0.100 e. The number of nitrogens with zero attached hydrogens (tertiary/aromatic N) is 2. The fraction of sp³-hybridized carbons (Fsp3) is 0.938. The summed E-state index contributed by atoms with van der Waals surface area (Å²) >= 11 is 0. The Hall–Kier alpha value is -0.660. The topological polar surface area (TPSA) is 6.48 Å². The molecule has 202 valence electrons. The largest absolute Gasteiger partial charge is 0.359 e. The van der Waals surface area contributed by atoms with Crippen molar-refractivity contribution in [2.75, 3.05) is 13.6 Å². The van der Waals surface area contributed by atoms with Gasteiger partial charge in [0.05, 0.1) is 0 Å². The second-order valence-electron chi connectivity index (χ2n) is 11.2. The van der Waals surface area contributed by atoms with Crippen LogP contribution < -0.4 is 0 Å². The van der Waals surface area contributed by atoms with E-state index in [0.29, 0.717) is 6.17 Å². The van der Waals surface area contributed by atoms with Crippen LogP contribution in [0.25, 0.3) is 0 Å². The fourth-order valence-electron chi connectivity index (χ4n) is 5.52. The lowest BCUT2D eigenvalue weighted by Gasteiger charge is -2.30. The third-order valence-corrected chi connectivity index (χ3v) is 7.93. The van der Waals surface area contributed by atoms with Gasteiger partial charge in [-0.05, 0) is 19.3 Å². The second-order valence-corrected chi connectivity index (χ2v) is 11.2. The van der Waals surface area contributed by atoms with Crippen molar-refractivity contribution >= 4 is 0 Å². The monoisotopic (exact) mass is 477 g/mol. The first kappa shape index (κ1) is 31.4. The molecule has 1 aliphatic rings. The van der Waals surface area contributed by atoms with Crippen LogP contribution in [0.4, 0.5) is 0 Å².